The SMILES string of the molecule is CCNC(=O)N(CC)Cc1nc(C)c(Cc2cc(C)ccc2C)c(=O)[nH]1. The Hall–Kier alpha value is -2.63. The molecule has 0 fully saturated rings. The lowest BCUT2D eigenvalue weighted by molar-refractivity contribution is 0.197. The van der Waals surface area contributed by atoms with Gasteiger partial charge in [-0.05, 0) is 45.7 Å². The normalized spacial score (nSPS) is 10.7. The van der Waals surface area contributed by atoms with Crippen molar-refractivity contribution in [3.8, 4) is 0 Å². The van der Waals surface area contributed by atoms with Crippen LogP contribution in [0.2, 0.25) is 0 Å². The van der Waals surface area contributed by atoms with Gasteiger partial charge < -0.3 is 15.2 Å². The second kappa shape index (κ2) is 8.65. The van der Waals surface area contributed by atoms with Crippen molar-refractivity contribution in [2.75, 3.05) is 13.1 Å². The Bertz CT molecular complexity index is 842. The first kappa shape index (κ1) is 19.7. The van der Waals surface area contributed by atoms with Crippen molar-refractivity contribution in [3.05, 3.63) is 62.3 Å². The van der Waals surface area contributed by atoms with Gasteiger partial charge in [0.15, 0.2) is 0 Å². The van der Waals surface area contributed by atoms with Crippen molar-refractivity contribution in [2.24, 2.45) is 0 Å². The van der Waals surface area contributed by atoms with Gasteiger partial charge in [-0.2, -0.15) is 0 Å². The summed E-state index contributed by atoms with van der Waals surface area (Å²) in [6.07, 6.45) is 0.551. The van der Waals surface area contributed by atoms with E-state index < -0.39 is 0 Å². The second-order valence-electron chi connectivity index (χ2n) is 6.53. The van der Waals surface area contributed by atoms with E-state index in [1.165, 1.54) is 5.56 Å². The predicted octanol–water partition coefficient (Wildman–Crippen LogP) is 2.84. The minimum atomic E-state index is -0.158. The summed E-state index contributed by atoms with van der Waals surface area (Å²) in [4.78, 5) is 33.6. The number of aryl methyl sites for hydroxylation is 3. The molecule has 6 heteroatoms. The van der Waals surface area contributed by atoms with Crippen LogP contribution in [0, 0.1) is 20.8 Å². The lowest BCUT2D eigenvalue weighted by Gasteiger charge is -2.20. The molecule has 6 nitrogen and oxygen atoms in total. The maximum absolute atomic E-state index is 12.6. The molecule has 2 amide bonds. The molecule has 26 heavy (non-hydrogen) atoms. The van der Waals surface area contributed by atoms with E-state index in [2.05, 4.69) is 33.5 Å². The zero-order chi connectivity index (χ0) is 19.3. The molecule has 140 valence electrons. The molecule has 0 saturated heterocycles. The summed E-state index contributed by atoms with van der Waals surface area (Å²) in [5, 5.41) is 2.77. The lowest BCUT2D eigenvalue weighted by atomic mass is 9.98. The highest BCUT2D eigenvalue weighted by Gasteiger charge is 2.15. The zero-order valence-electron chi connectivity index (χ0n) is 16.3. The van der Waals surface area contributed by atoms with E-state index in [4.69, 9.17) is 0 Å². The molecule has 0 unspecified atom stereocenters. The van der Waals surface area contributed by atoms with E-state index in [-0.39, 0.29) is 18.1 Å². The Labute approximate surface area is 154 Å². The van der Waals surface area contributed by atoms with E-state index in [1.54, 1.807) is 4.90 Å². The first-order valence-electron chi connectivity index (χ1n) is 9.03. The van der Waals surface area contributed by atoms with Gasteiger partial charge in [0.2, 0.25) is 0 Å². The van der Waals surface area contributed by atoms with Crippen LogP contribution >= 0.6 is 0 Å². The molecule has 0 atom stereocenters. The van der Waals surface area contributed by atoms with E-state index >= 15 is 0 Å². The van der Waals surface area contributed by atoms with Crippen molar-refractivity contribution in [2.45, 2.75) is 47.6 Å². The van der Waals surface area contributed by atoms with E-state index in [0.717, 1.165) is 11.1 Å². The van der Waals surface area contributed by atoms with Crippen molar-refractivity contribution in [3.63, 3.8) is 0 Å². The maximum Gasteiger partial charge on any atom is 0.317 e. The number of aromatic nitrogens is 2. The van der Waals surface area contributed by atoms with Crippen molar-refractivity contribution < 1.29 is 4.79 Å². The average molecular weight is 356 g/mol. The molecule has 0 aliphatic rings. The Balaban J connectivity index is 2.26. The van der Waals surface area contributed by atoms with E-state index in [9.17, 15) is 9.59 Å². The fourth-order valence-corrected chi connectivity index (χ4v) is 2.90. The molecule has 1 aromatic heterocycles. The standard InChI is InChI=1S/C20H28N4O2/c1-6-21-20(26)24(7-2)12-18-22-15(5)17(19(25)23-18)11-16-10-13(3)8-9-14(16)4/h8-10H,6-7,11-12H2,1-5H3,(H,21,26)(H,22,23,25). The monoisotopic (exact) mass is 356 g/mol. The van der Waals surface area contributed by atoms with Crippen molar-refractivity contribution in [1.82, 2.24) is 20.2 Å². The van der Waals surface area contributed by atoms with Crippen LogP contribution in [0.1, 0.15) is 47.6 Å². The van der Waals surface area contributed by atoms with Crippen molar-refractivity contribution in [1.29, 1.82) is 0 Å². The maximum atomic E-state index is 12.6. The molecule has 0 aliphatic carbocycles. The summed E-state index contributed by atoms with van der Waals surface area (Å²) in [5.41, 5.74) is 4.70. The summed E-state index contributed by atoms with van der Waals surface area (Å²) in [6.45, 7) is 11.1. The number of rotatable bonds is 6. The molecule has 2 aromatic rings. The third-order valence-corrected chi connectivity index (χ3v) is 4.48. The number of benzene rings is 1. The molecule has 2 rings (SSSR count). The Morgan fingerprint density at radius 1 is 1.23 bits per heavy atom. The number of urea groups is 1. The van der Waals surface area contributed by atoms with Gasteiger partial charge in [-0.1, -0.05) is 23.8 Å². The highest BCUT2D eigenvalue weighted by molar-refractivity contribution is 5.73. The van der Waals surface area contributed by atoms with Crippen LogP contribution in [0.25, 0.3) is 0 Å². The Morgan fingerprint density at radius 3 is 2.58 bits per heavy atom. The van der Waals surface area contributed by atoms with Gasteiger partial charge in [0.1, 0.15) is 5.82 Å². The van der Waals surface area contributed by atoms with Gasteiger partial charge in [-0.25, -0.2) is 9.78 Å². The number of hydrogen-bond donors (Lipinski definition) is 2. The van der Waals surface area contributed by atoms with Crippen molar-refractivity contribution >= 4 is 6.03 Å². The van der Waals surface area contributed by atoms with Crippen LogP contribution in [-0.4, -0.2) is 34.0 Å². The van der Waals surface area contributed by atoms with Crippen LogP contribution in [-0.2, 0) is 13.0 Å². The van der Waals surface area contributed by atoms with Gasteiger partial charge in [0.25, 0.3) is 5.56 Å². The highest BCUT2D eigenvalue weighted by atomic mass is 16.2. The number of H-pyrrole nitrogens is 1. The molecule has 0 bridgehead atoms. The van der Waals surface area contributed by atoms with Crippen LogP contribution in [0.3, 0.4) is 0 Å². The summed E-state index contributed by atoms with van der Waals surface area (Å²) in [6, 6.07) is 6.09. The fraction of sp³-hybridized carbons (Fsp3) is 0.450. The predicted molar refractivity (Wildman–Crippen MR) is 103 cm³/mol. The molecule has 0 aliphatic heterocycles. The highest BCUT2D eigenvalue weighted by Crippen LogP contribution is 2.15. The Morgan fingerprint density at radius 2 is 1.96 bits per heavy atom. The third-order valence-electron chi connectivity index (χ3n) is 4.48. The zero-order valence-corrected chi connectivity index (χ0v) is 16.3. The first-order valence-corrected chi connectivity index (χ1v) is 9.03. The van der Waals surface area contributed by atoms with Crippen LogP contribution in [0.15, 0.2) is 23.0 Å². The minimum Gasteiger partial charge on any atom is -0.338 e. The number of nitrogens with one attached hydrogen (secondary N) is 2. The molecule has 1 heterocycles. The summed E-state index contributed by atoms with van der Waals surface area (Å²) < 4.78 is 0. The van der Waals surface area contributed by atoms with Gasteiger partial charge in [-0.15, -0.1) is 0 Å². The number of carbonyl (C=O) groups excluding carboxylic acids is 1. The van der Waals surface area contributed by atoms with Gasteiger partial charge >= 0.3 is 6.03 Å². The molecule has 0 saturated carbocycles. The topological polar surface area (TPSA) is 78.1 Å². The Kier molecular flexibility index (Phi) is 6.55. The second-order valence-corrected chi connectivity index (χ2v) is 6.53. The average Bonchev–Trinajstić information content (AvgIpc) is 2.59. The molecule has 2 N–H and O–H groups in total. The molecular formula is C20H28N4O2. The summed E-state index contributed by atoms with van der Waals surface area (Å²) in [7, 11) is 0. The number of hydrogen-bond acceptors (Lipinski definition) is 3. The number of nitrogens with zero attached hydrogens (tertiary/aromatic N) is 2. The van der Waals surface area contributed by atoms with Crippen LogP contribution < -0.4 is 10.9 Å². The fourth-order valence-electron chi connectivity index (χ4n) is 2.90. The minimum absolute atomic E-state index is 0.139. The van der Waals surface area contributed by atoms with E-state index in [1.807, 2.05) is 34.6 Å². The number of carbonyl (C=O) groups is 1. The molecule has 1 aromatic carbocycles. The van der Waals surface area contributed by atoms with Crippen LogP contribution in [0.4, 0.5) is 4.79 Å². The first-order chi connectivity index (χ1) is 12.3. The smallest absolute Gasteiger partial charge is 0.317 e. The molecular weight excluding hydrogens is 328 g/mol. The molecule has 0 radical (unpaired) electrons. The van der Waals surface area contributed by atoms with Crippen LogP contribution in [0.5, 0.6) is 0 Å². The van der Waals surface area contributed by atoms with E-state index in [0.29, 0.717) is 36.6 Å². The third kappa shape index (κ3) is 4.71. The molecule has 0 spiro atoms. The summed E-state index contributed by atoms with van der Waals surface area (Å²) in [5.74, 6) is 0.505. The number of amides is 2. The van der Waals surface area contributed by atoms with Gasteiger partial charge in [0, 0.05) is 30.8 Å². The van der Waals surface area contributed by atoms with Gasteiger partial charge in [0.05, 0.1) is 6.54 Å². The quantitative estimate of drug-likeness (QED) is 0.835. The summed E-state index contributed by atoms with van der Waals surface area (Å²) >= 11 is 0. The lowest BCUT2D eigenvalue weighted by Crippen LogP contribution is -2.40. The van der Waals surface area contributed by atoms with Gasteiger partial charge in [-0.3, -0.25) is 4.79 Å². The largest absolute Gasteiger partial charge is 0.338 e. The number of aromatic amines is 1.